The number of urea groups is 1. The Balaban J connectivity index is 2.37. The molecule has 0 saturated heterocycles. The zero-order valence-electron chi connectivity index (χ0n) is 10.5. The van der Waals surface area contributed by atoms with Crippen molar-refractivity contribution in [1.29, 1.82) is 0 Å². The Bertz CT molecular complexity index is 351. The van der Waals surface area contributed by atoms with E-state index in [-0.39, 0.29) is 5.41 Å². The maximum absolute atomic E-state index is 11.5. The first-order valence-electron chi connectivity index (χ1n) is 5.70. The summed E-state index contributed by atoms with van der Waals surface area (Å²) in [6.45, 7) is 2.54. The second kappa shape index (κ2) is 5.70. The van der Waals surface area contributed by atoms with E-state index in [9.17, 15) is 14.4 Å². The molecule has 1 aliphatic carbocycles. The van der Waals surface area contributed by atoms with E-state index < -0.39 is 30.4 Å². The number of amides is 2. The highest BCUT2D eigenvalue weighted by Crippen LogP contribution is 2.43. The SMILES string of the molecule is COC(=O)C[C@H](NC(=O)NCC1(C)CC1)C(=O)O. The predicted molar refractivity (Wildman–Crippen MR) is 61.9 cm³/mol. The lowest BCUT2D eigenvalue weighted by atomic mass is 10.1. The van der Waals surface area contributed by atoms with Crippen LogP contribution in [0, 0.1) is 5.41 Å². The average Bonchev–Trinajstić information content (AvgIpc) is 3.04. The third-order valence-electron chi connectivity index (χ3n) is 2.98. The fourth-order valence-corrected chi connectivity index (χ4v) is 1.34. The van der Waals surface area contributed by atoms with Crippen molar-refractivity contribution in [3.8, 4) is 0 Å². The number of aliphatic carboxylic acids is 1. The highest BCUT2D eigenvalue weighted by Gasteiger charge is 2.37. The summed E-state index contributed by atoms with van der Waals surface area (Å²) in [5, 5.41) is 13.7. The van der Waals surface area contributed by atoms with Crippen LogP contribution in [-0.2, 0) is 14.3 Å². The molecule has 1 rings (SSSR count). The molecule has 0 aliphatic heterocycles. The smallest absolute Gasteiger partial charge is 0.326 e. The molecule has 0 aromatic carbocycles. The lowest BCUT2D eigenvalue weighted by molar-refractivity contribution is -0.147. The molecule has 2 amide bonds. The minimum absolute atomic E-state index is 0.137. The molecule has 3 N–H and O–H groups in total. The van der Waals surface area contributed by atoms with E-state index in [0.717, 1.165) is 20.0 Å². The fraction of sp³-hybridized carbons (Fsp3) is 0.727. The molecule has 1 atom stereocenters. The highest BCUT2D eigenvalue weighted by molar-refractivity contribution is 5.86. The number of hydrogen-bond donors (Lipinski definition) is 3. The Hall–Kier alpha value is -1.79. The van der Waals surface area contributed by atoms with Gasteiger partial charge in [-0.25, -0.2) is 9.59 Å². The van der Waals surface area contributed by atoms with Crippen molar-refractivity contribution in [1.82, 2.24) is 10.6 Å². The van der Waals surface area contributed by atoms with Crippen molar-refractivity contribution >= 4 is 18.0 Å². The van der Waals surface area contributed by atoms with Crippen molar-refractivity contribution < 1.29 is 24.2 Å². The molecule has 7 nitrogen and oxygen atoms in total. The molecule has 0 heterocycles. The Morgan fingerprint density at radius 1 is 1.39 bits per heavy atom. The molecule has 1 saturated carbocycles. The third-order valence-corrected chi connectivity index (χ3v) is 2.98. The van der Waals surface area contributed by atoms with E-state index >= 15 is 0 Å². The van der Waals surface area contributed by atoms with Gasteiger partial charge in [0.05, 0.1) is 13.5 Å². The van der Waals surface area contributed by atoms with Crippen LogP contribution < -0.4 is 10.6 Å². The van der Waals surface area contributed by atoms with Gasteiger partial charge in [0.1, 0.15) is 6.04 Å². The first-order chi connectivity index (χ1) is 8.36. The fourth-order valence-electron chi connectivity index (χ4n) is 1.34. The maximum Gasteiger partial charge on any atom is 0.326 e. The van der Waals surface area contributed by atoms with Crippen LogP contribution in [-0.4, -0.2) is 42.8 Å². The Kier molecular flexibility index (Phi) is 4.52. The Labute approximate surface area is 105 Å². The summed E-state index contributed by atoms with van der Waals surface area (Å²) in [6, 6.07) is -1.86. The van der Waals surface area contributed by atoms with Crippen LogP contribution in [0.3, 0.4) is 0 Å². The van der Waals surface area contributed by atoms with E-state index in [1.54, 1.807) is 0 Å². The zero-order valence-corrected chi connectivity index (χ0v) is 10.5. The van der Waals surface area contributed by atoms with Crippen molar-refractivity contribution in [3.63, 3.8) is 0 Å². The summed E-state index contributed by atoms with van der Waals surface area (Å²) >= 11 is 0. The summed E-state index contributed by atoms with van der Waals surface area (Å²) < 4.78 is 4.36. The van der Waals surface area contributed by atoms with Gasteiger partial charge in [-0.15, -0.1) is 0 Å². The van der Waals surface area contributed by atoms with Crippen LogP contribution >= 0.6 is 0 Å². The standard InChI is InChI=1S/C11H18N2O5/c1-11(3-4-11)6-12-10(17)13-7(9(15)16)5-8(14)18-2/h7H,3-6H2,1-2H3,(H,15,16)(H2,12,13,17)/t7-/m0/s1. The van der Waals surface area contributed by atoms with E-state index in [2.05, 4.69) is 15.4 Å². The third kappa shape index (κ3) is 4.60. The highest BCUT2D eigenvalue weighted by atomic mass is 16.5. The molecule has 0 unspecified atom stereocenters. The van der Waals surface area contributed by atoms with Gasteiger partial charge in [0, 0.05) is 6.54 Å². The zero-order chi connectivity index (χ0) is 13.8. The number of nitrogens with one attached hydrogen (secondary N) is 2. The van der Waals surface area contributed by atoms with Crippen molar-refractivity contribution in [2.24, 2.45) is 5.41 Å². The van der Waals surface area contributed by atoms with Gasteiger partial charge >= 0.3 is 18.0 Å². The van der Waals surface area contributed by atoms with E-state index in [1.165, 1.54) is 0 Å². The second-order valence-electron chi connectivity index (χ2n) is 4.81. The van der Waals surface area contributed by atoms with E-state index in [4.69, 9.17) is 5.11 Å². The predicted octanol–water partition coefficient (Wildman–Crippen LogP) is 0.102. The van der Waals surface area contributed by atoms with E-state index in [1.807, 2.05) is 6.92 Å². The normalized spacial score (nSPS) is 17.4. The minimum atomic E-state index is -1.27. The van der Waals surface area contributed by atoms with Gasteiger partial charge < -0.3 is 20.5 Å². The van der Waals surface area contributed by atoms with Gasteiger partial charge in [-0.1, -0.05) is 6.92 Å². The second-order valence-corrected chi connectivity index (χ2v) is 4.81. The van der Waals surface area contributed by atoms with E-state index in [0.29, 0.717) is 6.54 Å². The minimum Gasteiger partial charge on any atom is -0.480 e. The van der Waals surface area contributed by atoms with Gasteiger partial charge in [0.2, 0.25) is 0 Å². The van der Waals surface area contributed by atoms with Crippen LogP contribution in [0.5, 0.6) is 0 Å². The molecule has 7 heteroatoms. The van der Waals surface area contributed by atoms with Gasteiger partial charge in [-0.05, 0) is 18.3 Å². The van der Waals surface area contributed by atoms with Crippen LogP contribution in [0.4, 0.5) is 4.79 Å². The first-order valence-corrected chi connectivity index (χ1v) is 5.70. The number of carboxylic acid groups (broad SMARTS) is 1. The van der Waals surface area contributed by atoms with Crippen molar-refractivity contribution in [2.75, 3.05) is 13.7 Å². The van der Waals surface area contributed by atoms with Gasteiger partial charge in [0.25, 0.3) is 0 Å². The maximum atomic E-state index is 11.5. The molecular weight excluding hydrogens is 240 g/mol. The average molecular weight is 258 g/mol. The molecular formula is C11H18N2O5. The Morgan fingerprint density at radius 3 is 2.44 bits per heavy atom. The van der Waals surface area contributed by atoms with Crippen LogP contribution in [0.25, 0.3) is 0 Å². The monoisotopic (exact) mass is 258 g/mol. The molecule has 0 aromatic heterocycles. The summed E-state index contributed by atoms with van der Waals surface area (Å²) in [6.07, 6.45) is 1.71. The van der Waals surface area contributed by atoms with Crippen LogP contribution in [0.2, 0.25) is 0 Å². The summed E-state index contributed by atoms with van der Waals surface area (Å²) in [5.41, 5.74) is 0.137. The van der Waals surface area contributed by atoms with Crippen molar-refractivity contribution in [2.45, 2.75) is 32.2 Å². The topological polar surface area (TPSA) is 105 Å². The summed E-state index contributed by atoms with van der Waals surface area (Å²) in [7, 11) is 1.16. The molecule has 102 valence electrons. The van der Waals surface area contributed by atoms with Crippen LogP contribution in [0.1, 0.15) is 26.2 Å². The van der Waals surface area contributed by atoms with Gasteiger partial charge in [0.15, 0.2) is 0 Å². The quantitative estimate of drug-likeness (QED) is 0.586. The number of hydrogen-bond acceptors (Lipinski definition) is 4. The number of carboxylic acids is 1. The number of methoxy groups -OCH3 is 1. The molecule has 18 heavy (non-hydrogen) atoms. The number of carbonyl (C=O) groups is 3. The number of ether oxygens (including phenoxy) is 1. The first kappa shape index (κ1) is 14.3. The Morgan fingerprint density at radius 2 is 2.00 bits per heavy atom. The summed E-state index contributed by atoms with van der Waals surface area (Å²) in [4.78, 5) is 33.3. The molecule has 1 aliphatic rings. The number of esters is 1. The number of rotatable bonds is 6. The lowest BCUT2D eigenvalue weighted by Crippen LogP contribution is -2.48. The molecule has 0 radical (unpaired) electrons. The van der Waals surface area contributed by atoms with Crippen LogP contribution in [0.15, 0.2) is 0 Å². The van der Waals surface area contributed by atoms with Gasteiger partial charge in [-0.3, -0.25) is 4.79 Å². The molecule has 0 spiro atoms. The largest absolute Gasteiger partial charge is 0.480 e. The molecule has 1 fully saturated rings. The van der Waals surface area contributed by atoms with Gasteiger partial charge in [-0.2, -0.15) is 0 Å². The number of carbonyl (C=O) groups excluding carboxylic acids is 2. The molecule has 0 bridgehead atoms. The van der Waals surface area contributed by atoms with Crippen molar-refractivity contribution in [3.05, 3.63) is 0 Å². The summed E-state index contributed by atoms with van der Waals surface area (Å²) in [5.74, 6) is -1.95. The molecule has 0 aromatic rings. The lowest BCUT2D eigenvalue weighted by Gasteiger charge is -2.15.